The van der Waals surface area contributed by atoms with Gasteiger partial charge in [-0.3, -0.25) is 0 Å². The second-order valence-corrected chi connectivity index (χ2v) is 5.57. The van der Waals surface area contributed by atoms with Gasteiger partial charge in [-0.2, -0.15) is 0 Å². The number of benzene rings is 1. The van der Waals surface area contributed by atoms with E-state index in [1.807, 2.05) is 50.1 Å². The first-order chi connectivity index (χ1) is 9.93. The highest BCUT2D eigenvalue weighted by molar-refractivity contribution is 7.80. The Morgan fingerprint density at radius 1 is 1.38 bits per heavy atom. The molecule has 0 aliphatic carbocycles. The van der Waals surface area contributed by atoms with Crippen LogP contribution in [-0.2, 0) is 4.79 Å². The van der Waals surface area contributed by atoms with E-state index in [9.17, 15) is 4.79 Å². The number of hydrogen-bond acceptors (Lipinski definition) is 3. The third-order valence-corrected chi connectivity index (χ3v) is 3.50. The topological polar surface area (TPSA) is 41.6 Å². The number of carbonyl (C=O) groups excluding carboxylic acids is 1. The number of ether oxygens (including phenoxy) is 1. The van der Waals surface area contributed by atoms with Gasteiger partial charge >= 0.3 is 0 Å². The van der Waals surface area contributed by atoms with E-state index in [2.05, 4.69) is 5.32 Å². The first-order valence-corrected chi connectivity index (χ1v) is 7.58. The van der Waals surface area contributed by atoms with E-state index in [0.717, 1.165) is 11.4 Å². The van der Waals surface area contributed by atoms with Gasteiger partial charge in [0, 0.05) is 25.7 Å². The van der Waals surface area contributed by atoms with Crippen molar-refractivity contribution in [3.63, 3.8) is 0 Å². The van der Waals surface area contributed by atoms with Crippen LogP contribution in [0.1, 0.15) is 27.2 Å². The number of anilines is 1. The SMILES string of the molecule is CCOc1ccc(N(C)C(=S)NCC(C)CC(C)=O)cc1. The average molecular weight is 308 g/mol. The first-order valence-electron chi connectivity index (χ1n) is 7.17. The van der Waals surface area contributed by atoms with Crippen molar-refractivity contribution >= 4 is 28.8 Å². The lowest BCUT2D eigenvalue weighted by Gasteiger charge is -2.22. The Kier molecular flexibility index (Phi) is 7.15. The maximum Gasteiger partial charge on any atom is 0.173 e. The number of hydrogen-bond donors (Lipinski definition) is 1. The van der Waals surface area contributed by atoms with Crippen LogP contribution in [0.3, 0.4) is 0 Å². The van der Waals surface area contributed by atoms with Crippen LogP contribution in [0.4, 0.5) is 5.69 Å². The van der Waals surface area contributed by atoms with Crippen LogP contribution in [0.2, 0.25) is 0 Å². The molecule has 0 amide bonds. The first kappa shape index (κ1) is 17.4. The van der Waals surface area contributed by atoms with Crippen molar-refractivity contribution in [1.82, 2.24) is 5.32 Å². The van der Waals surface area contributed by atoms with Crippen molar-refractivity contribution in [2.45, 2.75) is 27.2 Å². The van der Waals surface area contributed by atoms with E-state index in [-0.39, 0.29) is 11.7 Å². The van der Waals surface area contributed by atoms with Gasteiger partial charge in [-0.25, -0.2) is 0 Å². The fourth-order valence-electron chi connectivity index (χ4n) is 1.99. The molecule has 1 aromatic carbocycles. The van der Waals surface area contributed by atoms with Gasteiger partial charge in [-0.05, 0) is 56.2 Å². The van der Waals surface area contributed by atoms with Crippen LogP contribution in [0.15, 0.2) is 24.3 Å². The van der Waals surface area contributed by atoms with E-state index in [0.29, 0.717) is 24.7 Å². The zero-order valence-corrected chi connectivity index (χ0v) is 14.0. The van der Waals surface area contributed by atoms with Crippen LogP contribution >= 0.6 is 12.2 Å². The lowest BCUT2D eigenvalue weighted by atomic mass is 10.1. The molecule has 0 saturated carbocycles. The van der Waals surface area contributed by atoms with Crippen molar-refractivity contribution < 1.29 is 9.53 Å². The highest BCUT2D eigenvalue weighted by Crippen LogP contribution is 2.18. The summed E-state index contributed by atoms with van der Waals surface area (Å²) in [7, 11) is 1.92. The second kappa shape index (κ2) is 8.62. The van der Waals surface area contributed by atoms with Crippen LogP contribution in [0.25, 0.3) is 0 Å². The number of nitrogens with one attached hydrogen (secondary N) is 1. The molecular weight excluding hydrogens is 284 g/mol. The summed E-state index contributed by atoms with van der Waals surface area (Å²) in [5.74, 6) is 1.33. The molecule has 0 radical (unpaired) electrons. The van der Waals surface area contributed by atoms with E-state index >= 15 is 0 Å². The molecule has 0 bridgehead atoms. The summed E-state index contributed by atoms with van der Waals surface area (Å²) in [4.78, 5) is 13.0. The molecule has 1 unspecified atom stereocenters. The lowest BCUT2D eigenvalue weighted by molar-refractivity contribution is -0.117. The van der Waals surface area contributed by atoms with Gasteiger partial charge in [-0.15, -0.1) is 0 Å². The normalized spacial score (nSPS) is 11.6. The Labute approximate surface area is 132 Å². The van der Waals surface area contributed by atoms with Crippen molar-refractivity contribution in [2.24, 2.45) is 5.92 Å². The molecule has 1 atom stereocenters. The predicted octanol–water partition coefficient (Wildman–Crippen LogP) is 3.01. The fraction of sp³-hybridized carbons (Fsp3) is 0.500. The molecule has 1 N–H and O–H groups in total. The summed E-state index contributed by atoms with van der Waals surface area (Å²) in [5, 5.41) is 3.85. The van der Waals surface area contributed by atoms with Crippen LogP contribution in [0, 0.1) is 5.92 Å². The maximum atomic E-state index is 11.1. The van der Waals surface area contributed by atoms with Crippen LogP contribution in [0.5, 0.6) is 5.75 Å². The molecule has 5 heteroatoms. The van der Waals surface area contributed by atoms with E-state index in [4.69, 9.17) is 17.0 Å². The Morgan fingerprint density at radius 2 is 2.00 bits per heavy atom. The monoisotopic (exact) mass is 308 g/mol. The summed E-state index contributed by atoms with van der Waals surface area (Å²) >= 11 is 5.37. The second-order valence-electron chi connectivity index (χ2n) is 5.18. The number of thiocarbonyl (C=S) groups is 1. The Bertz CT molecular complexity index is 474. The molecule has 116 valence electrons. The Morgan fingerprint density at radius 3 is 2.52 bits per heavy atom. The fourth-order valence-corrected chi connectivity index (χ4v) is 2.18. The van der Waals surface area contributed by atoms with Crippen molar-refractivity contribution in [1.29, 1.82) is 0 Å². The molecule has 0 saturated heterocycles. The zero-order valence-electron chi connectivity index (χ0n) is 13.2. The van der Waals surface area contributed by atoms with Gasteiger partial charge in [0.1, 0.15) is 11.5 Å². The molecule has 0 heterocycles. The Hall–Kier alpha value is -1.62. The standard InChI is InChI=1S/C16H24N2O2S/c1-5-20-15-8-6-14(7-9-15)18(4)16(21)17-11-12(2)10-13(3)19/h6-9,12H,5,10-11H2,1-4H3,(H,17,21). The summed E-state index contributed by atoms with van der Waals surface area (Å²) in [5.41, 5.74) is 0.996. The van der Waals surface area contributed by atoms with Crippen LogP contribution < -0.4 is 15.0 Å². The largest absolute Gasteiger partial charge is 0.494 e. The van der Waals surface area contributed by atoms with Gasteiger partial charge in [0.15, 0.2) is 5.11 Å². The molecular formula is C16H24N2O2S. The van der Waals surface area contributed by atoms with Gasteiger partial charge < -0.3 is 19.7 Å². The lowest BCUT2D eigenvalue weighted by Crippen LogP contribution is -2.39. The summed E-state index contributed by atoms with van der Waals surface area (Å²) in [6.07, 6.45) is 0.572. The molecule has 0 aromatic heterocycles. The van der Waals surface area contributed by atoms with Crippen molar-refractivity contribution in [2.75, 3.05) is 25.1 Å². The molecule has 4 nitrogen and oxygen atoms in total. The van der Waals surface area contributed by atoms with E-state index in [1.54, 1.807) is 6.92 Å². The zero-order chi connectivity index (χ0) is 15.8. The number of nitrogens with zero attached hydrogens (tertiary/aromatic N) is 1. The van der Waals surface area contributed by atoms with Crippen molar-refractivity contribution in [3.8, 4) is 5.75 Å². The third-order valence-electron chi connectivity index (χ3n) is 3.08. The maximum absolute atomic E-state index is 11.1. The van der Waals surface area contributed by atoms with Gasteiger partial charge in [0.2, 0.25) is 0 Å². The molecule has 0 aliphatic heterocycles. The molecule has 1 aromatic rings. The van der Waals surface area contributed by atoms with Crippen molar-refractivity contribution in [3.05, 3.63) is 24.3 Å². The van der Waals surface area contributed by atoms with Crippen LogP contribution in [-0.4, -0.2) is 31.1 Å². The van der Waals surface area contributed by atoms with E-state index < -0.39 is 0 Å². The summed E-state index contributed by atoms with van der Waals surface area (Å²) < 4.78 is 5.42. The summed E-state index contributed by atoms with van der Waals surface area (Å²) in [6.45, 7) is 6.96. The average Bonchev–Trinajstić information content (AvgIpc) is 2.44. The Balaban J connectivity index is 2.51. The van der Waals surface area contributed by atoms with Gasteiger partial charge in [0.25, 0.3) is 0 Å². The molecule has 0 fully saturated rings. The number of rotatable bonds is 7. The molecule has 21 heavy (non-hydrogen) atoms. The quantitative estimate of drug-likeness (QED) is 0.784. The minimum absolute atomic E-state index is 0.204. The smallest absolute Gasteiger partial charge is 0.173 e. The minimum Gasteiger partial charge on any atom is -0.494 e. The number of carbonyl (C=O) groups is 1. The minimum atomic E-state index is 0.204. The van der Waals surface area contributed by atoms with Gasteiger partial charge in [-0.1, -0.05) is 6.92 Å². The highest BCUT2D eigenvalue weighted by atomic mass is 32.1. The predicted molar refractivity (Wildman–Crippen MR) is 91.1 cm³/mol. The molecule has 0 aliphatic rings. The highest BCUT2D eigenvalue weighted by Gasteiger charge is 2.10. The van der Waals surface area contributed by atoms with E-state index in [1.165, 1.54) is 0 Å². The number of Topliss-reactive ketones (excluding diaryl/α,β-unsaturated/α-hetero) is 1. The third kappa shape index (κ3) is 6.12. The van der Waals surface area contributed by atoms with Gasteiger partial charge in [0.05, 0.1) is 6.61 Å². The molecule has 0 spiro atoms. The molecule has 1 rings (SSSR count). The summed E-state index contributed by atoms with van der Waals surface area (Å²) in [6, 6.07) is 7.79. The number of ketones is 1.